The third kappa shape index (κ3) is 3.49. The van der Waals surface area contributed by atoms with E-state index in [0.717, 1.165) is 10.0 Å². The van der Waals surface area contributed by atoms with Crippen LogP contribution < -0.4 is 15.8 Å². The fraction of sp³-hybridized carbons (Fsp3) is 0.364. The fourth-order valence-corrected chi connectivity index (χ4v) is 2.16. The van der Waals surface area contributed by atoms with Gasteiger partial charge in [-0.3, -0.25) is 4.99 Å². The summed E-state index contributed by atoms with van der Waals surface area (Å²) in [5, 5.41) is 3.07. The predicted molar refractivity (Wildman–Crippen MR) is 75.2 cm³/mol. The first kappa shape index (κ1) is 15.0. The van der Waals surface area contributed by atoms with Crippen molar-refractivity contribution in [1.29, 1.82) is 0 Å². The van der Waals surface area contributed by atoms with Gasteiger partial charge in [0.25, 0.3) is 0 Å². The molecule has 0 fully saturated rings. The van der Waals surface area contributed by atoms with Crippen molar-refractivity contribution in [2.75, 3.05) is 19.8 Å². The molecule has 0 bridgehead atoms. The van der Waals surface area contributed by atoms with Crippen molar-refractivity contribution in [3.63, 3.8) is 0 Å². The molecule has 4 nitrogen and oxygen atoms in total. The molecular formula is C11H14BrClFN3O. The maximum absolute atomic E-state index is 12.0. The molecule has 7 heteroatoms. The summed E-state index contributed by atoms with van der Waals surface area (Å²) in [7, 11) is 0. The summed E-state index contributed by atoms with van der Waals surface area (Å²) in [5.41, 5.74) is 6.62. The molecule has 1 unspecified atom stereocenters. The zero-order valence-electron chi connectivity index (χ0n) is 9.53. The highest BCUT2D eigenvalue weighted by atomic mass is 79.9. The third-order valence-corrected chi connectivity index (χ3v) is 3.08. The van der Waals surface area contributed by atoms with Gasteiger partial charge in [-0.1, -0.05) is 6.07 Å². The molecule has 1 aromatic carbocycles. The van der Waals surface area contributed by atoms with Crippen LogP contribution in [0.2, 0.25) is 0 Å². The van der Waals surface area contributed by atoms with Gasteiger partial charge in [0.2, 0.25) is 0 Å². The van der Waals surface area contributed by atoms with Crippen molar-refractivity contribution in [3.05, 3.63) is 28.2 Å². The van der Waals surface area contributed by atoms with Gasteiger partial charge in [-0.05, 0) is 33.6 Å². The Morgan fingerprint density at radius 3 is 2.89 bits per heavy atom. The summed E-state index contributed by atoms with van der Waals surface area (Å²) < 4.78 is 18.0. The lowest BCUT2D eigenvalue weighted by Crippen LogP contribution is -2.29. The summed E-state index contributed by atoms with van der Waals surface area (Å²) in [4.78, 5) is 4.08. The Kier molecular flexibility index (Phi) is 5.68. The van der Waals surface area contributed by atoms with E-state index in [1.807, 2.05) is 18.2 Å². The molecule has 18 heavy (non-hydrogen) atoms. The van der Waals surface area contributed by atoms with Gasteiger partial charge in [0.05, 0.1) is 17.1 Å². The van der Waals surface area contributed by atoms with Crippen LogP contribution >= 0.6 is 28.3 Å². The van der Waals surface area contributed by atoms with Crippen LogP contribution in [-0.4, -0.2) is 25.8 Å². The minimum absolute atomic E-state index is 0. The maximum atomic E-state index is 12.0. The van der Waals surface area contributed by atoms with Crippen molar-refractivity contribution < 1.29 is 9.13 Å². The first-order valence-corrected chi connectivity index (χ1v) is 6.04. The second kappa shape index (κ2) is 6.80. The molecule has 1 atom stereocenters. The number of nitrogens with zero attached hydrogens (tertiary/aromatic N) is 1. The zero-order chi connectivity index (χ0) is 12.3. The van der Waals surface area contributed by atoms with Crippen LogP contribution in [0, 0.1) is 0 Å². The van der Waals surface area contributed by atoms with Crippen LogP contribution in [-0.2, 0) is 0 Å². The van der Waals surface area contributed by atoms with Gasteiger partial charge >= 0.3 is 0 Å². The Balaban J connectivity index is 0.00000162. The van der Waals surface area contributed by atoms with Gasteiger partial charge < -0.3 is 15.8 Å². The number of aliphatic imine (C=N–C) groups is 1. The second-order valence-corrected chi connectivity index (χ2v) is 4.50. The van der Waals surface area contributed by atoms with E-state index in [9.17, 15) is 4.39 Å². The van der Waals surface area contributed by atoms with Crippen molar-refractivity contribution in [2.45, 2.75) is 6.04 Å². The fourth-order valence-electron chi connectivity index (χ4n) is 1.65. The van der Waals surface area contributed by atoms with E-state index in [2.05, 4.69) is 26.2 Å². The van der Waals surface area contributed by atoms with E-state index in [1.165, 1.54) is 0 Å². The van der Waals surface area contributed by atoms with Crippen LogP contribution in [0.25, 0.3) is 0 Å². The van der Waals surface area contributed by atoms with Crippen LogP contribution in [0.1, 0.15) is 11.6 Å². The molecule has 0 aliphatic carbocycles. The van der Waals surface area contributed by atoms with Crippen molar-refractivity contribution in [2.24, 2.45) is 10.7 Å². The van der Waals surface area contributed by atoms with Crippen molar-refractivity contribution in [3.8, 4) is 5.75 Å². The highest BCUT2D eigenvalue weighted by Crippen LogP contribution is 2.29. The number of rotatable bonds is 4. The monoisotopic (exact) mass is 337 g/mol. The van der Waals surface area contributed by atoms with Crippen LogP contribution in [0.4, 0.5) is 4.39 Å². The maximum Gasteiger partial charge on any atom is 0.189 e. The van der Waals surface area contributed by atoms with Gasteiger partial charge in [0.15, 0.2) is 5.96 Å². The second-order valence-electron chi connectivity index (χ2n) is 3.65. The quantitative estimate of drug-likeness (QED) is 0.884. The Morgan fingerprint density at radius 1 is 1.56 bits per heavy atom. The van der Waals surface area contributed by atoms with Crippen molar-refractivity contribution >= 4 is 34.3 Å². The topological polar surface area (TPSA) is 59.6 Å². The van der Waals surface area contributed by atoms with Crippen LogP contribution in [0.15, 0.2) is 27.7 Å². The molecule has 0 spiro atoms. The lowest BCUT2D eigenvalue weighted by Gasteiger charge is -2.13. The molecular weight excluding hydrogens is 324 g/mol. The first-order valence-electron chi connectivity index (χ1n) is 5.25. The molecule has 0 radical (unpaired) electrons. The molecule has 1 aliphatic rings. The number of benzene rings is 1. The third-order valence-electron chi connectivity index (χ3n) is 2.46. The lowest BCUT2D eigenvalue weighted by molar-refractivity contribution is 0.272. The molecule has 0 saturated carbocycles. The van der Waals surface area contributed by atoms with E-state index in [4.69, 9.17) is 10.5 Å². The Morgan fingerprint density at radius 2 is 2.33 bits per heavy atom. The number of hydrogen-bond acceptors (Lipinski definition) is 4. The molecule has 0 saturated heterocycles. The number of hydrogen-bond donors (Lipinski definition) is 2. The number of nitrogens with two attached hydrogens (primary N) is 1. The summed E-state index contributed by atoms with van der Waals surface area (Å²) >= 11 is 3.40. The average Bonchev–Trinajstić information content (AvgIpc) is 2.74. The standard InChI is InChI=1S/C11H13BrFN3O.ClH/c12-8-5-7(9-6-15-11(14)16-9)1-2-10(8)17-4-3-13;/h1-2,5,9H,3-4,6H2,(H3,14,15,16);1H. The van der Waals surface area contributed by atoms with E-state index >= 15 is 0 Å². The average molecular weight is 339 g/mol. The van der Waals surface area contributed by atoms with E-state index in [-0.39, 0.29) is 25.1 Å². The number of guanidine groups is 1. The molecule has 1 aromatic rings. The minimum Gasteiger partial charge on any atom is -0.490 e. The summed E-state index contributed by atoms with van der Waals surface area (Å²) in [5.74, 6) is 1.10. The predicted octanol–water partition coefficient (Wildman–Crippen LogP) is 2.18. The van der Waals surface area contributed by atoms with Gasteiger partial charge in [0.1, 0.15) is 19.0 Å². The molecule has 3 N–H and O–H groups in total. The number of ether oxygens (including phenoxy) is 1. The zero-order valence-corrected chi connectivity index (χ0v) is 11.9. The van der Waals surface area contributed by atoms with E-state index in [1.54, 1.807) is 0 Å². The normalized spacial score (nSPS) is 17.7. The Hall–Kier alpha value is -1.01. The SMILES string of the molecule is Cl.NC1=NCC(c2ccc(OCCF)c(Br)c2)N1. The smallest absolute Gasteiger partial charge is 0.189 e. The minimum atomic E-state index is -0.497. The van der Waals surface area contributed by atoms with Crippen LogP contribution in [0.5, 0.6) is 5.75 Å². The highest BCUT2D eigenvalue weighted by molar-refractivity contribution is 9.10. The Bertz CT molecular complexity index is 444. The molecule has 0 aromatic heterocycles. The lowest BCUT2D eigenvalue weighted by atomic mass is 10.1. The molecule has 2 rings (SSSR count). The van der Waals surface area contributed by atoms with E-state index < -0.39 is 6.67 Å². The van der Waals surface area contributed by atoms with Gasteiger partial charge in [-0.15, -0.1) is 12.4 Å². The number of nitrogens with one attached hydrogen (secondary N) is 1. The molecule has 0 amide bonds. The number of halogens is 3. The van der Waals surface area contributed by atoms with Gasteiger partial charge in [-0.25, -0.2) is 4.39 Å². The van der Waals surface area contributed by atoms with Gasteiger partial charge in [0, 0.05) is 0 Å². The van der Waals surface area contributed by atoms with Crippen LogP contribution in [0.3, 0.4) is 0 Å². The first-order chi connectivity index (χ1) is 8.20. The largest absolute Gasteiger partial charge is 0.490 e. The highest BCUT2D eigenvalue weighted by Gasteiger charge is 2.18. The van der Waals surface area contributed by atoms with Crippen molar-refractivity contribution in [1.82, 2.24) is 5.32 Å². The summed E-state index contributed by atoms with van der Waals surface area (Å²) in [6.45, 7) is 0.196. The summed E-state index contributed by atoms with van der Waals surface area (Å²) in [6, 6.07) is 5.76. The molecule has 100 valence electrons. The number of alkyl halides is 1. The molecule has 1 aliphatic heterocycles. The van der Waals surface area contributed by atoms with Gasteiger partial charge in [-0.2, -0.15) is 0 Å². The van der Waals surface area contributed by atoms with E-state index in [0.29, 0.717) is 18.3 Å². The molecule has 1 heterocycles. The summed E-state index contributed by atoms with van der Waals surface area (Å²) in [6.07, 6.45) is 0. The Labute approximate surface area is 119 Å².